The zero-order chi connectivity index (χ0) is 19.7. The summed E-state index contributed by atoms with van der Waals surface area (Å²) in [5, 5.41) is 1.01. The maximum atomic E-state index is 12.6. The maximum Gasteiger partial charge on any atom is 0.261 e. The lowest BCUT2D eigenvalue weighted by atomic mass is 10.1. The Morgan fingerprint density at radius 2 is 1.67 bits per heavy atom. The van der Waals surface area contributed by atoms with Gasteiger partial charge in [-0.05, 0) is 36.8 Å². The molecule has 2 aromatic carbocycles. The van der Waals surface area contributed by atoms with Gasteiger partial charge in [0.05, 0.1) is 17.2 Å². The Morgan fingerprint density at radius 3 is 2.22 bits per heavy atom. The van der Waals surface area contributed by atoms with Gasteiger partial charge in [-0.3, -0.25) is 19.3 Å². The minimum Gasteiger partial charge on any atom is -0.339 e. The van der Waals surface area contributed by atoms with E-state index in [0.29, 0.717) is 21.2 Å². The normalized spacial score (nSPS) is 14.3. The van der Waals surface area contributed by atoms with Gasteiger partial charge in [0, 0.05) is 30.1 Å². The highest BCUT2D eigenvalue weighted by molar-refractivity contribution is 6.35. The molecule has 0 aliphatic carbocycles. The quantitative estimate of drug-likeness (QED) is 0.701. The molecule has 1 atom stereocenters. The summed E-state index contributed by atoms with van der Waals surface area (Å²) in [6, 6.07) is 11.5. The van der Waals surface area contributed by atoms with Gasteiger partial charge in [-0.1, -0.05) is 41.4 Å². The van der Waals surface area contributed by atoms with E-state index < -0.39 is 0 Å². The summed E-state index contributed by atoms with van der Waals surface area (Å²) in [5.41, 5.74) is 1.53. The van der Waals surface area contributed by atoms with Crippen LogP contribution in [0.4, 0.5) is 0 Å². The lowest BCUT2D eigenvalue weighted by Crippen LogP contribution is -2.36. The Bertz CT molecular complexity index is 894. The van der Waals surface area contributed by atoms with E-state index in [1.807, 2.05) is 6.92 Å². The maximum absolute atomic E-state index is 12.6. The molecule has 3 amide bonds. The van der Waals surface area contributed by atoms with E-state index in [-0.39, 0.29) is 36.7 Å². The molecular weight excluding hydrogens is 387 g/mol. The van der Waals surface area contributed by atoms with Crippen molar-refractivity contribution in [2.75, 3.05) is 13.6 Å². The molecule has 0 aromatic heterocycles. The molecule has 1 heterocycles. The van der Waals surface area contributed by atoms with Crippen LogP contribution in [0.1, 0.15) is 45.7 Å². The largest absolute Gasteiger partial charge is 0.339 e. The number of imide groups is 1. The van der Waals surface area contributed by atoms with Gasteiger partial charge in [0.25, 0.3) is 11.8 Å². The average molecular weight is 405 g/mol. The number of benzene rings is 2. The number of carbonyl (C=O) groups is 3. The molecule has 1 aliphatic rings. The van der Waals surface area contributed by atoms with Crippen molar-refractivity contribution in [3.05, 3.63) is 69.2 Å². The summed E-state index contributed by atoms with van der Waals surface area (Å²) < 4.78 is 0. The molecule has 0 N–H and O–H groups in total. The summed E-state index contributed by atoms with van der Waals surface area (Å²) in [6.45, 7) is 1.89. The monoisotopic (exact) mass is 404 g/mol. The molecular formula is C20H18Cl2N2O3. The lowest BCUT2D eigenvalue weighted by Gasteiger charge is -2.27. The molecule has 140 valence electrons. The van der Waals surface area contributed by atoms with Crippen LogP contribution < -0.4 is 0 Å². The van der Waals surface area contributed by atoms with Crippen molar-refractivity contribution < 1.29 is 14.4 Å². The number of rotatable bonds is 5. The Balaban J connectivity index is 1.66. The van der Waals surface area contributed by atoms with E-state index in [4.69, 9.17) is 23.2 Å². The minimum absolute atomic E-state index is 0.0383. The van der Waals surface area contributed by atoms with Gasteiger partial charge in [0.2, 0.25) is 5.91 Å². The average Bonchev–Trinajstić information content (AvgIpc) is 2.89. The Hall–Kier alpha value is -2.37. The second kappa shape index (κ2) is 7.71. The summed E-state index contributed by atoms with van der Waals surface area (Å²) in [5.74, 6) is -0.912. The van der Waals surface area contributed by atoms with Crippen molar-refractivity contribution in [2.24, 2.45) is 0 Å². The molecule has 2 aromatic rings. The van der Waals surface area contributed by atoms with Crippen LogP contribution in [0.2, 0.25) is 10.0 Å². The zero-order valence-electron chi connectivity index (χ0n) is 14.9. The van der Waals surface area contributed by atoms with Crippen LogP contribution in [0.5, 0.6) is 0 Å². The fraction of sp³-hybridized carbons (Fsp3) is 0.250. The van der Waals surface area contributed by atoms with Gasteiger partial charge in [0.1, 0.15) is 0 Å². The standard InChI is InChI=1S/C20H18Cl2N2O3/c1-12(14-8-7-13(21)11-17(14)22)23(2)18(25)9-10-24-19(26)15-5-3-4-6-16(15)20(24)27/h3-8,11-12H,9-10H2,1-2H3/t12-/m1/s1. The second-order valence-corrected chi connectivity index (χ2v) is 7.25. The van der Waals surface area contributed by atoms with E-state index in [9.17, 15) is 14.4 Å². The second-order valence-electron chi connectivity index (χ2n) is 6.40. The number of amides is 3. The van der Waals surface area contributed by atoms with E-state index >= 15 is 0 Å². The number of hydrogen-bond donors (Lipinski definition) is 0. The number of halogens is 2. The van der Waals surface area contributed by atoms with Gasteiger partial charge in [0.15, 0.2) is 0 Å². The number of nitrogens with zero attached hydrogens (tertiary/aromatic N) is 2. The molecule has 7 heteroatoms. The summed E-state index contributed by atoms with van der Waals surface area (Å²) in [4.78, 5) is 40.0. The molecule has 3 rings (SSSR count). The summed E-state index contributed by atoms with van der Waals surface area (Å²) in [7, 11) is 1.67. The highest BCUT2D eigenvalue weighted by atomic mass is 35.5. The topological polar surface area (TPSA) is 57.7 Å². The predicted molar refractivity (Wildman–Crippen MR) is 104 cm³/mol. The van der Waals surface area contributed by atoms with Crippen LogP contribution >= 0.6 is 23.2 Å². The fourth-order valence-electron chi connectivity index (χ4n) is 3.09. The van der Waals surface area contributed by atoms with Crippen molar-refractivity contribution >= 4 is 40.9 Å². The number of fused-ring (bicyclic) bond motifs is 1. The number of hydrogen-bond acceptors (Lipinski definition) is 3. The highest BCUT2D eigenvalue weighted by Crippen LogP contribution is 2.29. The van der Waals surface area contributed by atoms with Gasteiger partial charge >= 0.3 is 0 Å². The number of carbonyl (C=O) groups excluding carboxylic acids is 3. The molecule has 27 heavy (non-hydrogen) atoms. The molecule has 0 spiro atoms. The Morgan fingerprint density at radius 1 is 1.07 bits per heavy atom. The molecule has 5 nitrogen and oxygen atoms in total. The first kappa shape index (κ1) is 19.4. The Kier molecular flexibility index (Phi) is 5.53. The molecule has 0 unspecified atom stereocenters. The van der Waals surface area contributed by atoms with Crippen LogP contribution in [-0.2, 0) is 4.79 Å². The first-order valence-corrected chi connectivity index (χ1v) is 9.22. The Labute approximate surface area is 167 Å². The van der Waals surface area contributed by atoms with Crippen LogP contribution in [0, 0.1) is 0 Å². The first-order chi connectivity index (χ1) is 12.8. The van der Waals surface area contributed by atoms with Crippen LogP contribution in [0.3, 0.4) is 0 Å². The molecule has 0 fully saturated rings. The van der Waals surface area contributed by atoms with Crippen molar-refractivity contribution in [3.8, 4) is 0 Å². The van der Waals surface area contributed by atoms with Gasteiger partial charge in [-0.2, -0.15) is 0 Å². The van der Waals surface area contributed by atoms with Gasteiger partial charge in [-0.25, -0.2) is 0 Å². The lowest BCUT2D eigenvalue weighted by molar-refractivity contribution is -0.131. The molecule has 0 bridgehead atoms. The highest BCUT2D eigenvalue weighted by Gasteiger charge is 2.35. The fourth-order valence-corrected chi connectivity index (χ4v) is 3.66. The third-order valence-corrected chi connectivity index (χ3v) is 5.38. The van der Waals surface area contributed by atoms with Crippen LogP contribution in [0.25, 0.3) is 0 Å². The van der Waals surface area contributed by atoms with Crippen LogP contribution in [0.15, 0.2) is 42.5 Å². The predicted octanol–water partition coefficient (Wildman–Crippen LogP) is 4.20. The minimum atomic E-state index is -0.361. The molecule has 1 aliphatic heterocycles. The third kappa shape index (κ3) is 3.70. The molecule has 0 saturated heterocycles. The van der Waals surface area contributed by atoms with Gasteiger partial charge in [-0.15, -0.1) is 0 Å². The van der Waals surface area contributed by atoms with Crippen molar-refractivity contribution in [2.45, 2.75) is 19.4 Å². The summed E-state index contributed by atoms with van der Waals surface area (Å²) in [6.07, 6.45) is 0.0392. The smallest absolute Gasteiger partial charge is 0.261 e. The van der Waals surface area contributed by atoms with E-state index in [0.717, 1.165) is 10.5 Å². The summed E-state index contributed by atoms with van der Waals surface area (Å²) >= 11 is 12.1. The van der Waals surface area contributed by atoms with Crippen molar-refractivity contribution in [3.63, 3.8) is 0 Å². The van der Waals surface area contributed by atoms with Gasteiger partial charge < -0.3 is 4.90 Å². The SMILES string of the molecule is C[C@H](c1ccc(Cl)cc1Cl)N(C)C(=O)CCN1C(=O)c2ccccc2C1=O. The zero-order valence-corrected chi connectivity index (χ0v) is 16.4. The first-order valence-electron chi connectivity index (χ1n) is 8.47. The van der Waals surface area contributed by atoms with E-state index in [1.165, 1.54) is 0 Å². The van der Waals surface area contributed by atoms with Crippen molar-refractivity contribution in [1.29, 1.82) is 0 Å². The van der Waals surface area contributed by atoms with E-state index in [1.54, 1.807) is 54.4 Å². The van der Waals surface area contributed by atoms with Crippen LogP contribution in [-0.4, -0.2) is 41.1 Å². The van der Waals surface area contributed by atoms with E-state index in [2.05, 4.69) is 0 Å². The molecule has 0 radical (unpaired) electrons. The van der Waals surface area contributed by atoms with Crippen molar-refractivity contribution in [1.82, 2.24) is 9.80 Å². The third-order valence-electron chi connectivity index (χ3n) is 4.81. The molecule has 0 saturated carbocycles.